The van der Waals surface area contributed by atoms with E-state index in [1.54, 1.807) is 7.11 Å². The van der Waals surface area contributed by atoms with Crippen molar-refractivity contribution in [3.8, 4) is 17.1 Å². The Hall–Kier alpha value is -1.81. The van der Waals surface area contributed by atoms with E-state index < -0.39 is 0 Å². The van der Waals surface area contributed by atoms with Crippen molar-refractivity contribution < 1.29 is 4.74 Å². The number of halogens is 1. The number of methoxy groups -OCH3 is 1. The lowest BCUT2D eigenvalue weighted by molar-refractivity contribution is 0.415. The maximum atomic E-state index is 5.24. The van der Waals surface area contributed by atoms with Crippen LogP contribution < -0.4 is 4.74 Å². The fourth-order valence-electron chi connectivity index (χ4n) is 1.94. The van der Waals surface area contributed by atoms with Gasteiger partial charge in [-0.3, -0.25) is 4.40 Å². The maximum absolute atomic E-state index is 5.24. The Balaban J connectivity index is 2.21. The van der Waals surface area contributed by atoms with Crippen molar-refractivity contribution in [1.29, 1.82) is 0 Å². The second-order valence-corrected chi connectivity index (χ2v) is 4.87. The summed E-state index contributed by atoms with van der Waals surface area (Å²) in [6, 6.07) is 11.9. The highest BCUT2D eigenvalue weighted by molar-refractivity contribution is 9.10. The van der Waals surface area contributed by atoms with Gasteiger partial charge in [0.15, 0.2) is 0 Å². The second kappa shape index (κ2) is 4.46. The molecule has 0 aliphatic carbocycles. The summed E-state index contributed by atoms with van der Waals surface area (Å²) in [5, 5.41) is 0. The summed E-state index contributed by atoms with van der Waals surface area (Å²) in [6.45, 7) is 0. The van der Waals surface area contributed by atoms with E-state index in [0.717, 1.165) is 27.1 Å². The van der Waals surface area contributed by atoms with Crippen molar-refractivity contribution in [2.24, 2.45) is 0 Å². The van der Waals surface area contributed by atoms with Gasteiger partial charge in [0.05, 0.1) is 18.8 Å². The van der Waals surface area contributed by atoms with Crippen molar-refractivity contribution in [1.82, 2.24) is 9.38 Å². The Morgan fingerprint density at radius 3 is 2.94 bits per heavy atom. The van der Waals surface area contributed by atoms with Gasteiger partial charge >= 0.3 is 0 Å². The fraction of sp³-hybridized carbons (Fsp3) is 0.0714. The predicted octanol–water partition coefficient (Wildman–Crippen LogP) is 3.77. The SMILES string of the molecule is COc1cccc(-c2ncc3ccc(Br)cn23)c1. The first-order valence-electron chi connectivity index (χ1n) is 5.55. The average Bonchev–Trinajstić information content (AvgIpc) is 2.81. The number of nitrogens with zero attached hydrogens (tertiary/aromatic N) is 2. The van der Waals surface area contributed by atoms with Crippen LogP contribution >= 0.6 is 15.9 Å². The number of hydrogen-bond acceptors (Lipinski definition) is 2. The summed E-state index contributed by atoms with van der Waals surface area (Å²) in [5.74, 6) is 1.74. The number of imidazole rings is 1. The number of aromatic nitrogens is 2. The normalized spacial score (nSPS) is 10.8. The topological polar surface area (TPSA) is 26.5 Å². The van der Waals surface area contributed by atoms with E-state index >= 15 is 0 Å². The van der Waals surface area contributed by atoms with Crippen LogP contribution in [0.3, 0.4) is 0 Å². The minimum atomic E-state index is 0.833. The largest absolute Gasteiger partial charge is 0.497 e. The molecule has 3 nitrogen and oxygen atoms in total. The number of fused-ring (bicyclic) bond motifs is 1. The number of hydrogen-bond donors (Lipinski definition) is 0. The van der Waals surface area contributed by atoms with E-state index in [1.807, 2.05) is 48.8 Å². The monoisotopic (exact) mass is 302 g/mol. The molecule has 0 N–H and O–H groups in total. The minimum absolute atomic E-state index is 0.833. The molecule has 90 valence electrons. The van der Waals surface area contributed by atoms with Crippen LogP contribution in [0.4, 0.5) is 0 Å². The van der Waals surface area contributed by atoms with Crippen molar-refractivity contribution in [3.63, 3.8) is 0 Å². The zero-order valence-corrected chi connectivity index (χ0v) is 11.4. The van der Waals surface area contributed by atoms with Crippen molar-refractivity contribution in [2.75, 3.05) is 7.11 Å². The van der Waals surface area contributed by atoms with Gasteiger partial charge in [-0.15, -0.1) is 0 Å². The van der Waals surface area contributed by atoms with Crippen LogP contribution in [-0.4, -0.2) is 16.5 Å². The molecule has 4 heteroatoms. The first kappa shape index (κ1) is 11.3. The van der Waals surface area contributed by atoms with Crippen LogP contribution in [-0.2, 0) is 0 Å². The highest BCUT2D eigenvalue weighted by Crippen LogP contribution is 2.24. The lowest BCUT2D eigenvalue weighted by Gasteiger charge is -2.04. The summed E-state index contributed by atoms with van der Waals surface area (Å²) in [4.78, 5) is 4.47. The number of pyridine rings is 1. The molecule has 0 amide bonds. The fourth-order valence-corrected chi connectivity index (χ4v) is 2.28. The molecule has 2 heterocycles. The van der Waals surface area contributed by atoms with Gasteiger partial charge in [0.25, 0.3) is 0 Å². The van der Waals surface area contributed by atoms with E-state index in [9.17, 15) is 0 Å². The van der Waals surface area contributed by atoms with Gasteiger partial charge in [0.2, 0.25) is 0 Å². The van der Waals surface area contributed by atoms with Crippen LogP contribution in [0, 0.1) is 0 Å². The molecule has 18 heavy (non-hydrogen) atoms. The zero-order chi connectivity index (χ0) is 12.5. The van der Waals surface area contributed by atoms with Crippen LogP contribution in [0.2, 0.25) is 0 Å². The van der Waals surface area contributed by atoms with E-state index in [1.165, 1.54) is 0 Å². The Bertz CT molecular complexity index is 706. The molecule has 0 saturated heterocycles. The van der Waals surface area contributed by atoms with Crippen molar-refractivity contribution in [3.05, 3.63) is 53.3 Å². The molecule has 3 aromatic rings. The zero-order valence-electron chi connectivity index (χ0n) is 9.80. The molecule has 2 aromatic heterocycles. The van der Waals surface area contributed by atoms with Crippen LogP contribution in [0.1, 0.15) is 0 Å². The van der Waals surface area contributed by atoms with Gasteiger partial charge in [0.1, 0.15) is 11.6 Å². The molecule has 0 saturated carbocycles. The minimum Gasteiger partial charge on any atom is -0.497 e. The molecule has 1 aromatic carbocycles. The van der Waals surface area contributed by atoms with E-state index in [-0.39, 0.29) is 0 Å². The Labute approximate surface area is 113 Å². The molecule has 0 fully saturated rings. The first-order chi connectivity index (χ1) is 8.78. The summed E-state index contributed by atoms with van der Waals surface area (Å²) in [7, 11) is 1.67. The predicted molar refractivity (Wildman–Crippen MR) is 74.9 cm³/mol. The van der Waals surface area contributed by atoms with Crippen LogP contribution in [0.15, 0.2) is 53.3 Å². The molecule has 0 radical (unpaired) electrons. The average molecular weight is 303 g/mol. The van der Waals surface area contributed by atoms with Gasteiger partial charge in [-0.1, -0.05) is 12.1 Å². The Morgan fingerprint density at radius 1 is 1.22 bits per heavy atom. The number of benzene rings is 1. The first-order valence-corrected chi connectivity index (χ1v) is 6.34. The van der Waals surface area contributed by atoms with E-state index in [2.05, 4.69) is 25.3 Å². The van der Waals surface area contributed by atoms with Gasteiger partial charge < -0.3 is 4.74 Å². The second-order valence-electron chi connectivity index (χ2n) is 3.96. The lowest BCUT2D eigenvalue weighted by atomic mass is 10.2. The van der Waals surface area contributed by atoms with Crippen LogP contribution in [0.5, 0.6) is 5.75 Å². The summed E-state index contributed by atoms with van der Waals surface area (Å²) >= 11 is 3.48. The highest BCUT2D eigenvalue weighted by atomic mass is 79.9. The molecule has 0 spiro atoms. The molecular formula is C14H11BrN2O. The number of ether oxygens (including phenoxy) is 1. The quantitative estimate of drug-likeness (QED) is 0.720. The smallest absolute Gasteiger partial charge is 0.144 e. The molecular weight excluding hydrogens is 292 g/mol. The van der Waals surface area contributed by atoms with Gasteiger partial charge in [-0.05, 0) is 40.2 Å². The van der Waals surface area contributed by atoms with Gasteiger partial charge in [0, 0.05) is 16.2 Å². The van der Waals surface area contributed by atoms with Crippen LogP contribution in [0.25, 0.3) is 16.9 Å². The van der Waals surface area contributed by atoms with E-state index in [0.29, 0.717) is 0 Å². The summed E-state index contributed by atoms with van der Waals surface area (Å²) < 4.78 is 8.32. The third-order valence-electron chi connectivity index (χ3n) is 2.82. The maximum Gasteiger partial charge on any atom is 0.144 e. The number of rotatable bonds is 2. The third-order valence-corrected chi connectivity index (χ3v) is 3.29. The Morgan fingerprint density at radius 2 is 2.11 bits per heavy atom. The molecule has 0 bridgehead atoms. The standard InChI is InChI=1S/C14H11BrN2O/c1-18-13-4-2-3-10(7-13)14-16-8-12-6-5-11(15)9-17(12)14/h2-9H,1H3. The molecule has 0 aliphatic rings. The third kappa shape index (κ3) is 1.88. The van der Waals surface area contributed by atoms with Crippen molar-refractivity contribution >= 4 is 21.4 Å². The molecule has 0 aliphatic heterocycles. The summed E-state index contributed by atoms with van der Waals surface area (Å²) in [6.07, 6.45) is 3.87. The summed E-state index contributed by atoms with van der Waals surface area (Å²) in [5.41, 5.74) is 2.10. The molecule has 3 rings (SSSR count). The van der Waals surface area contributed by atoms with E-state index in [4.69, 9.17) is 4.74 Å². The molecule has 0 unspecified atom stereocenters. The van der Waals surface area contributed by atoms with Gasteiger partial charge in [-0.25, -0.2) is 4.98 Å². The molecule has 0 atom stereocenters. The van der Waals surface area contributed by atoms with Crippen molar-refractivity contribution in [2.45, 2.75) is 0 Å². The lowest BCUT2D eigenvalue weighted by Crippen LogP contribution is -1.90. The van der Waals surface area contributed by atoms with Gasteiger partial charge in [-0.2, -0.15) is 0 Å². The highest BCUT2D eigenvalue weighted by Gasteiger charge is 2.07. The Kier molecular flexibility index (Phi) is 2.80.